The van der Waals surface area contributed by atoms with Crippen LogP contribution in [0.15, 0.2) is 48.6 Å². The highest BCUT2D eigenvalue weighted by Gasteiger charge is 1.99. The first kappa shape index (κ1) is 10.7. The first-order valence-corrected chi connectivity index (χ1v) is 5.40. The fourth-order valence-electron chi connectivity index (χ4n) is 1.86. The van der Waals surface area contributed by atoms with Crippen molar-refractivity contribution in [2.45, 2.75) is 13.3 Å². The van der Waals surface area contributed by atoms with Crippen molar-refractivity contribution < 1.29 is 4.74 Å². The summed E-state index contributed by atoms with van der Waals surface area (Å²) in [5.41, 5.74) is 2.50. The minimum absolute atomic E-state index is 0.903. The molecule has 2 rings (SSSR count). The van der Waals surface area contributed by atoms with Gasteiger partial charge in [-0.05, 0) is 41.8 Å². The van der Waals surface area contributed by atoms with Gasteiger partial charge in [0.25, 0.3) is 0 Å². The monoisotopic (exact) mass is 212 g/mol. The summed E-state index contributed by atoms with van der Waals surface area (Å²) in [6.07, 6.45) is 0.946. The van der Waals surface area contributed by atoms with Crippen LogP contribution in [-0.2, 0) is 6.42 Å². The lowest BCUT2D eigenvalue weighted by molar-refractivity contribution is 0.415. The molecule has 82 valence electrons. The number of fused-ring (bicyclic) bond motifs is 1. The zero-order chi connectivity index (χ0) is 11.5. The van der Waals surface area contributed by atoms with E-state index in [1.165, 1.54) is 21.9 Å². The Hall–Kier alpha value is -1.76. The number of hydrogen-bond donors (Lipinski definition) is 0. The van der Waals surface area contributed by atoms with Crippen molar-refractivity contribution in [3.8, 4) is 5.75 Å². The van der Waals surface area contributed by atoms with Crippen molar-refractivity contribution >= 4 is 10.8 Å². The highest BCUT2D eigenvalue weighted by molar-refractivity contribution is 5.84. The molecule has 2 aromatic rings. The SMILES string of the molecule is C=C(C)Cc1ccc2cc(OC)ccc2c1. The Morgan fingerprint density at radius 3 is 2.50 bits per heavy atom. The number of rotatable bonds is 3. The van der Waals surface area contributed by atoms with Gasteiger partial charge in [-0.15, -0.1) is 0 Å². The maximum atomic E-state index is 5.20. The van der Waals surface area contributed by atoms with E-state index >= 15 is 0 Å². The van der Waals surface area contributed by atoms with Crippen molar-refractivity contribution in [2.24, 2.45) is 0 Å². The minimum Gasteiger partial charge on any atom is -0.497 e. The molecule has 0 saturated heterocycles. The van der Waals surface area contributed by atoms with Gasteiger partial charge in [0.05, 0.1) is 7.11 Å². The van der Waals surface area contributed by atoms with Crippen LogP contribution in [0.3, 0.4) is 0 Å². The Morgan fingerprint density at radius 1 is 1.12 bits per heavy atom. The first-order chi connectivity index (χ1) is 7.69. The largest absolute Gasteiger partial charge is 0.497 e. The van der Waals surface area contributed by atoms with Crippen LogP contribution in [-0.4, -0.2) is 7.11 Å². The Kier molecular flexibility index (Phi) is 2.95. The molecule has 0 aliphatic rings. The molecule has 1 nitrogen and oxygen atoms in total. The summed E-state index contributed by atoms with van der Waals surface area (Å²) in [7, 11) is 1.69. The summed E-state index contributed by atoms with van der Waals surface area (Å²) in [6.45, 7) is 5.99. The Morgan fingerprint density at radius 2 is 1.81 bits per heavy atom. The summed E-state index contributed by atoms with van der Waals surface area (Å²) in [5.74, 6) is 0.903. The van der Waals surface area contributed by atoms with Gasteiger partial charge in [0, 0.05) is 0 Å². The summed E-state index contributed by atoms with van der Waals surface area (Å²) in [4.78, 5) is 0. The van der Waals surface area contributed by atoms with Crippen LogP contribution < -0.4 is 4.74 Å². The van der Waals surface area contributed by atoms with Crippen molar-refractivity contribution in [1.82, 2.24) is 0 Å². The van der Waals surface area contributed by atoms with Crippen molar-refractivity contribution in [3.05, 3.63) is 54.1 Å². The molecular formula is C15H16O. The predicted molar refractivity (Wildman–Crippen MR) is 69.0 cm³/mol. The third-order valence-electron chi connectivity index (χ3n) is 2.62. The van der Waals surface area contributed by atoms with Gasteiger partial charge >= 0.3 is 0 Å². The minimum atomic E-state index is 0.903. The fraction of sp³-hybridized carbons (Fsp3) is 0.200. The van der Waals surface area contributed by atoms with Crippen LogP contribution >= 0.6 is 0 Å². The van der Waals surface area contributed by atoms with Gasteiger partial charge in [-0.3, -0.25) is 0 Å². The predicted octanol–water partition coefficient (Wildman–Crippen LogP) is 3.97. The number of methoxy groups -OCH3 is 1. The third-order valence-corrected chi connectivity index (χ3v) is 2.62. The highest BCUT2D eigenvalue weighted by atomic mass is 16.5. The summed E-state index contributed by atoms with van der Waals surface area (Å²) in [6, 6.07) is 12.6. The van der Waals surface area contributed by atoms with Gasteiger partial charge in [0.1, 0.15) is 5.75 Å². The second-order valence-electron chi connectivity index (χ2n) is 4.18. The van der Waals surface area contributed by atoms with Crippen LogP contribution in [0.5, 0.6) is 5.75 Å². The number of benzene rings is 2. The average molecular weight is 212 g/mol. The molecule has 0 fully saturated rings. The standard InChI is InChI=1S/C15H16O/c1-11(2)8-12-4-5-14-10-15(16-3)7-6-13(14)9-12/h4-7,9-10H,1,8H2,2-3H3. The lowest BCUT2D eigenvalue weighted by atomic mass is 10.0. The zero-order valence-electron chi connectivity index (χ0n) is 9.79. The molecule has 0 radical (unpaired) electrons. The first-order valence-electron chi connectivity index (χ1n) is 5.40. The van der Waals surface area contributed by atoms with E-state index in [-0.39, 0.29) is 0 Å². The topological polar surface area (TPSA) is 9.23 Å². The van der Waals surface area contributed by atoms with Crippen molar-refractivity contribution in [3.63, 3.8) is 0 Å². The molecule has 0 aromatic heterocycles. The lowest BCUT2D eigenvalue weighted by Crippen LogP contribution is -1.86. The normalized spacial score (nSPS) is 10.4. The highest BCUT2D eigenvalue weighted by Crippen LogP contribution is 2.22. The molecule has 16 heavy (non-hydrogen) atoms. The molecule has 2 aromatic carbocycles. The molecule has 0 amide bonds. The fourth-order valence-corrected chi connectivity index (χ4v) is 1.86. The van der Waals surface area contributed by atoms with E-state index in [4.69, 9.17) is 4.74 Å². The van der Waals surface area contributed by atoms with Crippen molar-refractivity contribution in [1.29, 1.82) is 0 Å². The third kappa shape index (κ3) is 2.25. The van der Waals surface area contributed by atoms with Crippen LogP contribution in [0.25, 0.3) is 10.8 Å². The van der Waals surface area contributed by atoms with E-state index in [0.29, 0.717) is 0 Å². The molecule has 0 unspecified atom stereocenters. The maximum absolute atomic E-state index is 5.20. The van der Waals surface area contributed by atoms with Crippen LogP contribution in [0.1, 0.15) is 12.5 Å². The van der Waals surface area contributed by atoms with Gasteiger partial charge in [-0.25, -0.2) is 0 Å². The molecule has 0 atom stereocenters. The molecule has 0 heterocycles. The van der Waals surface area contributed by atoms with E-state index in [1.54, 1.807) is 7.11 Å². The van der Waals surface area contributed by atoms with Gasteiger partial charge in [-0.2, -0.15) is 0 Å². The van der Waals surface area contributed by atoms with Gasteiger partial charge in [0.2, 0.25) is 0 Å². The van der Waals surface area contributed by atoms with E-state index < -0.39 is 0 Å². The summed E-state index contributed by atoms with van der Waals surface area (Å²) < 4.78 is 5.20. The lowest BCUT2D eigenvalue weighted by Gasteiger charge is -2.05. The Balaban J connectivity index is 2.43. The number of hydrogen-bond acceptors (Lipinski definition) is 1. The van der Waals surface area contributed by atoms with Gasteiger partial charge < -0.3 is 4.74 Å². The van der Waals surface area contributed by atoms with E-state index in [1.807, 2.05) is 6.07 Å². The number of ether oxygens (including phenoxy) is 1. The van der Waals surface area contributed by atoms with E-state index in [2.05, 4.69) is 43.8 Å². The molecule has 0 aliphatic heterocycles. The van der Waals surface area contributed by atoms with Crippen LogP contribution in [0.4, 0.5) is 0 Å². The molecule has 0 saturated carbocycles. The number of allylic oxidation sites excluding steroid dienone is 1. The van der Waals surface area contributed by atoms with E-state index in [9.17, 15) is 0 Å². The van der Waals surface area contributed by atoms with Gasteiger partial charge in [-0.1, -0.05) is 36.4 Å². The molecule has 1 heteroatoms. The van der Waals surface area contributed by atoms with E-state index in [0.717, 1.165) is 12.2 Å². The average Bonchev–Trinajstić information content (AvgIpc) is 2.27. The van der Waals surface area contributed by atoms with Crippen molar-refractivity contribution in [2.75, 3.05) is 7.11 Å². The quantitative estimate of drug-likeness (QED) is 0.699. The zero-order valence-corrected chi connectivity index (χ0v) is 9.79. The summed E-state index contributed by atoms with van der Waals surface area (Å²) in [5, 5.41) is 2.46. The van der Waals surface area contributed by atoms with Gasteiger partial charge in [0.15, 0.2) is 0 Å². The molecule has 0 aliphatic carbocycles. The molecule has 0 spiro atoms. The summed E-state index contributed by atoms with van der Waals surface area (Å²) >= 11 is 0. The molecular weight excluding hydrogens is 196 g/mol. The van der Waals surface area contributed by atoms with Crippen LogP contribution in [0, 0.1) is 0 Å². The second kappa shape index (κ2) is 4.40. The smallest absolute Gasteiger partial charge is 0.119 e. The maximum Gasteiger partial charge on any atom is 0.119 e. The second-order valence-corrected chi connectivity index (χ2v) is 4.18. The molecule has 0 N–H and O–H groups in total. The van der Waals surface area contributed by atoms with Crippen LogP contribution in [0.2, 0.25) is 0 Å². The Labute approximate surface area is 96.4 Å². The molecule has 0 bridgehead atoms. The Bertz CT molecular complexity index is 526.